The highest BCUT2D eigenvalue weighted by molar-refractivity contribution is 5.92. The molecular weight excluding hydrogens is 266 g/mol. The van der Waals surface area contributed by atoms with E-state index in [1.807, 2.05) is 25.1 Å². The SMILES string of the molecule is Cc1cccc2ncnc(N3CC(C)CC(C(=O)O)C3)c12. The molecule has 1 aromatic heterocycles. The third-order valence-electron chi connectivity index (χ3n) is 4.16. The molecule has 3 rings (SSSR count). The molecule has 0 spiro atoms. The Morgan fingerprint density at radius 1 is 1.33 bits per heavy atom. The number of carbonyl (C=O) groups is 1. The van der Waals surface area contributed by atoms with Crippen molar-refractivity contribution in [2.75, 3.05) is 18.0 Å². The Morgan fingerprint density at radius 2 is 2.14 bits per heavy atom. The molecule has 2 aromatic rings. The number of piperidine rings is 1. The number of nitrogens with zero attached hydrogens (tertiary/aromatic N) is 3. The van der Waals surface area contributed by atoms with Gasteiger partial charge >= 0.3 is 5.97 Å². The number of carboxylic acids is 1. The van der Waals surface area contributed by atoms with Crippen LogP contribution in [0.15, 0.2) is 24.5 Å². The van der Waals surface area contributed by atoms with Crippen molar-refractivity contribution in [3.63, 3.8) is 0 Å². The van der Waals surface area contributed by atoms with Gasteiger partial charge in [0.1, 0.15) is 12.1 Å². The highest BCUT2D eigenvalue weighted by atomic mass is 16.4. The first-order valence-corrected chi connectivity index (χ1v) is 7.24. The summed E-state index contributed by atoms with van der Waals surface area (Å²) in [7, 11) is 0. The molecule has 1 aromatic carbocycles. The van der Waals surface area contributed by atoms with Crippen LogP contribution in [0.1, 0.15) is 18.9 Å². The van der Waals surface area contributed by atoms with Gasteiger partial charge < -0.3 is 10.0 Å². The second-order valence-electron chi connectivity index (χ2n) is 5.95. The topological polar surface area (TPSA) is 66.3 Å². The maximum absolute atomic E-state index is 11.3. The first kappa shape index (κ1) is 13.8. The van der Waals surface area contributed by atoms with Gasteiger partial charge in [-0.2, -0.15) is 0 Å². The molecule has 2 heterocycles. The van der Waals surface area contributed by atoms with Gasteiger partial charge in [-0.15, -0.1) is 0 Å². The molecule has 2 atom stereocenters. The fraction of sp³-hybridized carbons (Fsp3) is 0.438. The largest absolute Gasteiger partial charge is 0.481 e. The van der Waals surface area contributed by atoms with Crippen molar-refractivity contribution in [1.29, 1.82) is 0 Å². The van der Waals surface area contributed by atoms with E-state index in [-0.39, 0.29) is 5.92 Å². The van der Waals surface area contributed by atoms with Crippen molar-refractivity contribution in [3.05, 3.63) is 30.1 Å². The molecule has 110 valence electrons. The number of benzene rings is 1. The fourth-order valence-corrected chi connectivity index (χ4v) is 3.20. The monoisotopic (exact) mass is 285 g/mol. The van der Waals surface area contributed by atoms with E-state index in [0.29, 0.717) is 12.5 Å². The van der Waals surface area contributed by atoms with Gasteiger partial charge in [0.15, 0.2) is 0 Å². The highest BCUT2D eigenvalue weighted by Gasteiger charge is 2.31. The van der Waals surface area contributed by atoms with Crippen molar-refractivity contribution in [1.82, 2.24) is 9.97 Å². The number of hydrogen-bond donors (Lipinski definition) is 1. The van der Waals surface area contributed by atoms with Crippen LogP contribution < -0.4 is 4.90 Å². The number of aliphatic carboxylic acids is 1. The van der Waals surface area contributed by atoms with Gasteiger partial charge in [-0.3, -0.25) is 4.79 Å². The molecule has 0 saturated carbocycles. The van der Waals surface area contributed by atoms with Gasteiger partial charge in [-0.1, -0.05) is 19.1 Å². The first-order chi connectivity index (χ1) is 10.1. The average molecular weight is 285 g/mol. The minimum absolute atomic E-state index is 0.331. The van der Waals surface area contributed by atoms with E-state index in [4.69, 9.17) is 0 Å². The Hall–Kier alpha value is -2.17. The van der Waals surface area contributed by atoms with Crippen LogP contribution in [0.5, 0.6) is 0 Å². The molecule has 1 fully saturated rings. The zero-order valence-electron chi connectivity index (χ0n) is 12.3. The Labute approximate surface area is 123 Å². The number of aryl methyl sites for hydroxylation is 1. The Bertz CT molecular complexity index is 681. The molecule has 2 unspecified atom stereocenters. The molecule has 21 heavy (non-hydrogen) atoms. The van der Waals surface area contributed by atoms with E-state index in [2.05, 4.69) is 21.8 Å². The molecule has 0 radical (unpaired) electrons. The van der Waals surface area contributed by atoms with E-state index in [9.17, 15) is 9.90 Å². The van der Waals surface area contributed by atoms with E-state index < -0.39 is 5.97 Å². The lowest BCUT2D eigenvalue weighted by Crippen LogP contribution is -2.43. The van der Waals surface area contributed by atoms with E-state index >= 15 is 0 Å². The van der Waals surface area contributed by atoms with Gasteiger partial charge in [-0.25, -0.2) is 9.97 Å². The van der Waals surface area contributed by atoms with Crippen LogP contribution in [0.3, 0.4) is 0 Å². The summed E-state index contributed by atoms with van der Waals surface area (Å²) < 4.78 is 0. The predicted molar refractivity (Wildman–Crippen MR) is 81.4 cm³/mol. The van der Waals surface area contributed by atoms with Crippen molar-refractivity contribution in [2.24, 2.45) is 11.8 Å². The van der Waals surface area contributed by atoms with Crippen molar-refractivity contribution >= 4 is 22.7 Å². The molecule has 0 bridgehead atoms. The summed E-state index contributed by atoms with van der Waals surface area (Å²) in [6.45, 7) is 5.49. The number of fused-ring (bicyclic) bond motifs is 1. The summed E-state index contributed by atoms with van der Waals surface area (Å²) in [4.78, 5) is 22.2. The van der Waals surface area contributed by atoms with Crippen LogP contribution >= 0.6 is 0 Å². The van der Waals surface area contributed by atoms with Crippen LogP contribution in [0.2, 0.25) is 0 Å². The molecule has 0 amide bonds. The number of anilines is 1. The van der Waals surface area contributed by atoms with E-state index in [1.165, 1.54) is 0 Å². The maximum atomic E-state index is 11.3. The molecule has 0 aliphatic carbocycles. The van der Waals surface area contributed by atoms with Crippen LogP contribution in [0.25, 0.3) is 10.9 Å². The van der Waals surface area contributed by atoms with Crippen molar-refractivity contribution in [3.8, 4) is 0 Å². The predicted octanol–water partition coefficient (Wildman–Crippen LogP) is 2.49. The quantitative estimate of drug-likeness (QED) is 0.918. The normalized spacial score (nSPS) is 22.5. The van der Waals surface area contributed by atoms with Crippen LogP contribution in [0, 0.1) is 18.8 Å². The minimum Gasteiger partial charge on any atom is -0.481 e. The summed E-state index contributed by atoms with van der Waals surface area (Å²) in [6, 6.07) is 5.99. The number of rotatable bonds is 2. The first-order valence-electron chi connectivity index (χ1n) is 7.24. The number of carboxylic acid groups (broad SMARTS) is 1. The summed E-state index contributed by atoms with van der Waals surface area (Å²) >= 11 is 0. The van der Waals surface area contributed by atoms with E-state index in [1.54, 1.807) is 6.33 Å². The zero-order chi connectivity index (χ0) is 15.0. The molecule has 1 aliphatic heterocycles. The third-order valence-corrected chi connectivity index (χ3v) is 4.16. The fourth-order valence-electron chi connectivity index (χ4n) is 3.20. The number of aromatic nitrogens is 2. The lowest BCUT2D eigenvalue weighted by atomic mass is 9.90. The molecule has 5 nitrogen and oxygen atoms in total. The van der Waals surface area contributed by atoms with Gasteiger partial charge in [-0.05, 0) is 30.9 Å². The Morgan fingerprint density at radius 3 is 2.90 bits per heavy atom. The van der Waals surface area contributed by atoms with Gasteiger partial charge in [0.2, 0.25) is 0 Å². The third kappa shape index (κ3) is 2.55. The van der Waals surface area contributed by atoms with Crippen molar-refractivity contribution < 1.29 is 9.90 Å². The van der Waals surface area contributed by atoms with Gasteiger partial charge in [0.25, 0.3) is 0 Å². The Balaban J connectivity index is 2.05. The lowest BCUT2D eigenvalue weighted by molar-refractivity contribution is -0.142. The highest BCUT2D eigenvalue weighted by Crippen LogP contribution is 2.31. The average Bonchev–Trinajstić information content (AvgIpc) is 2.46. The summed E-state index contributed by atoms with van der Waals surface area (Å²) in [5.41, 5.74) is 2.03. The van der Waals surface area contributed by atoms with Crippen molar-refractivity contribution in [2.45, 2.75) is 20.3 Å². The zero-order valence-corrected chi connectivity index (χ0v) is 12.3. The second-order valence-corrected chi connectivity index (χ2v) is 5.95. The van der Waals surface area contributed by atoms with Crippen LogP contribution in [-0.2, 0) is 4.79 Å². The van der Waals surface area contributed by atoms with E-state index in [0.717, 1.165) is 35.2 Å². The van der Waals surface area contributed by atoms with Gasteiger partial charge in [0.05, 0.1) is 11.4 Å². The maximum Gasteiger partial charge on any atom is 0.308 e. The molecule has 1 aliphatic rings. The Kier molecular flexibility index (Phi) is 3.49. The van der Waals surface area contributed by atoms with Crippen LogP contribution in [-0.4, -0.2) is 34.1 Å². The van der Waals surface area contributed by atoms with Crippen LogP contribution in [0.4, 0.5) is 5.82 Å². The summed E-state index contributed by atoms with van der Waals surface area (Å²) in [5.74, 6) is 0.147. The summed E-state index contributed by atoms with van der Waals surface area (Å²) in [5, 5.41) is 10.4. The molecule has 1 saturated heterocycles. The molecule has 5 heteroatoms. The smallest absolute Gasteiger partial charge is 0.308 e. The second kappa shape index (κ2) is 5.31. The summed E-state index contributed by atoms with van der Waals surface area (Å²) in [6.07, 6.45) is 2.29. The minimum atomic E-state index is -0.721. The standard InChI is InChI=1S/C16H19N3O2/c1-10-6-12(16(20)21)8-19(7-10)15-14-11(2)4-3-5-13(14)17-9-18-15/h3-5,9-10,12H,6-8H2,1-2H3,(H,20,21). The lowest BCUT2D eigenvalue weighted by Gasteiger charge is -2.36. The molecule has 1 N–H and O–H groups in total. The van der Waals surface area contributed by atoms with Gasteiger partial charge in [0, 0.05) is 18.5 Å². The number of hydrogen-bond acceptors (Lipinski definition) is 4. The molecular formula is C16H19N3O2.